The molecule has 0 N–H and O–H groups in total. The zero-order valence-corrected chi connectivity index (χ0v) is 22.6. The summed E-state index contributed by atoms with van der Waals surface area (Å²) in [6.07, 6.45) is 0. The van der Waals surface area contributed by atoms with Crippen LogP contribution in [0.3, 0.4) is 0 Å². The molecule has 0 unspecified atom stereocenters. The Morgan fingerprint density at radius 1 is 0.919 bits per heavy atom. The molecule has 0 aliphatic heterocycles. The van der Waals surface area contributed by atoms with Gasteiger partial charge in [-0.15, -0.1) is 0 Å². The smallest absolute Gasteiger partial charge is 0.360 e. The van der Waals surface area contributed by atoms with E-state index in [9.17, 15) is 9.59 Å². The van der Waals surface area contributed by atoms with Gasteiger partial charge in [-0.25, -0.2) is 14.5 Å². The van der Waals surface area contributed by atoms with E-state index in [2.05, 4.69) is 21.0 Å². The van der Waals surface area contributed by atoms with E-state index in [4.69, 9.17) is 21.3 Å². The molecule has 3 aromatic carbocycles. The van der Waals surface area contributed by atoms with Gasteiger partial charge in [-0.2, -0.15) is 5.10 Å². The third-order valence-corrected chi connectivity index (χ3v) is 6.26. The van der Waals surface area contributed by atoms with E-state index < -0.39 is 17.1 Å². The Bertz CT molecular complexity index is 1670. The second-order valence-corrected chi connectivity index (χ2v) is 10.7. The normalized spacial score (nSPS) is 11.6. The number of carbonyl (C=O) groups is 1. The van der Waals surface area contributed by atoms with Crippen LogP contribution in [0.25, 0.3) is 33.8 Å². The van der Waals surface area contributed by atoms with Crippen molar-refractivity contribution >= 4 is 44.5 Å². The molecule has 2 heterocycles. The van der Waals surface area contributed by atoms with E-state index in [-0.39, 0.29) is 16.7 Å². The lowest BCUT2D eigenvalue weighted by atomic mass is 10.1. The van der Waals surface area contributed by atoms with Crippen molar-refractivity contribution in [3.8, 4) is 22.8 Å². The quantitative estimate of drug-likeness (QED) is 0.225. The van der Waals surface area contributed by atoms with E-state index in [1.54, 1.807) is 45.0 Å². The van der Waals surface area contributed by atoms with Gasteiger partial charge in [0.1, 0.15) is 16.8 Å². The number of aromatic nitrogens is 4. The summed E-state index contributed by atoms with van der Waals surface area (Å²) in [4.78, 5) is 32.4. The first-order valence-corrected chi connectivity index (χ1v) is 12.7. The van der Waals surface area contributed by atoms with Gasteiger partial charge in [0.25, 0.3) is 5.56 Å². The third-order valence-electron chi connectivity index (χ3n) is 5.48. The zero-order chi connectivity index (χ0) is 26.3. The summed E-state index contributed by atoms with van der Waals surface area (Å²) < 4.78 is 9.47. The van der Waals surface area contributed by atoms with Gasteiger partial charge in [0.05, 0.1) is 11.4 Å². The summed E-state index contributed by atoms with van der Waals surface area (Å²) in [7, 11) is 0. The minimum Gasteiger partial charge on any atom is -0.455 e. The van der Waals surface area contributed by atoms with Crippen LogP contribution in [0.5, 0.6) is 0 Å². The van der Waals surface area contributed by atoms with Crippen LogP contribution in [0.15, 0.2) is 88.1 Å². The first-order valence-electron chi connectivity index (χ1n) is 11.5. The molecular weight excluding hydrogens is 556 g/mol. The number of ether oxygens (including phenoxy) is 1. The summed E-state index contributed by atoms with van der Waals surface area (Å²) in [6, 6.07) is 23.6. The van der Waals surface area contributed by atoms with Crippen LogP contribution in [0.4, 0.5) is 0 Å². The number of para-hydroxylation sites is 1. The van der Waals surface area contributed by atoms with Crippen molar-refractivity contribution in [2.75, 3.05) is 0 Å². The molecule has 5 aromatic rings. The highest BCUT2D eigenvalue weighted by Gasteiger charge is 2.29. The summed E-state index contributed by atoms with van der Waals surface area (Å²) in [5, 5.41) is 5.13. The number of fused-ring (bicyclic) bond motifs is 1. The van der Waals surface area contributed by atoms with Crippen molar-refractivity contribution in [2.24, 2.45) is 0 Å². The van der Waals surface area contributed by atoms with E-state index in [0.29, 0.717) is 27.8 Å². The highest BCUT2D eigenvalue weighted by molar-refractivity contribution is 9.10. The number of benzene rings is 3. The number of esters is 1. The fourth-order valence-corrected chi connectivity index (χ4v) is 4.30. The first kappa shape index (κ1) is 24.9. The van der Waals surface area contributed by atoms with Crippen LogP contribution < -0.4 is 5.56 Å². The Labute approximate surface area is 226 Å². The molecule has 0 aliphatic rings. The van der Waals surface area contributed by atoms with Crippen LogP contribution in [0, 0.1) is 0 Å². The van der Waals surface area contributed by atoms with Crippen LogP contribution in [-0.2, 0) is 4.74 Å². The Kier molecular flexibility index (Phi) is 6.47. The molecule has 9 heteroatoms. The van der Waals surface area contributed by atoms with Crippen LogP contribution in [-0.4, -0.2) is 30.9 Å². The van der Waals surface area contributed by atoms with E-state index in [1.165, 1.54) is 9.25 Å². The minimum absolute atomic E-state index is 0.0638. The molecule has 0 saturated heterocycles. The maximum atomic E-state index is 14.2. The van der Waals surface area contributed by atoms with Gasteiger partial charge in [0.2, 0.25) is 0 Å². The molecule has 7 nitrogen and oxygen atoms in total. The largest absolute Gasteiger partial charge is 0.455 e. The second-order valence-electron chi connectivity index (χ2n) is 9.36. The van der Waals surface area contributed by atoms with Crippen molar-refractivity contribution in [3.63, 3.8) is 0 Å². The summed E-state index contributed by atoms with van der Waals surface area (Å²) >= 11 is 9.58. The van der Waals surface area contributed by atoms with E-state index in [1.807, 2.05) is 54.6 Å². The number of hydrogen-bond donors (Lipinski definition) is 0. The SMILES string of the molecule is CC(C)(C)OC(=O)c1nn(-c2ccccc2)c2nc(-c3ccc(Br)cc3)n(-c3ccc(Cl)cc3)c(=O)c12. The van der Waals surface area contributed by atoms with Gasteiger partial charge in [0.15, 0.2) is 11.3 Å². The van der Waals surface area contributed by atoms with Gasteiger partial charge < -0.3 is 4.74 Å². The van der Waals surface area contributed by atoms with Crippen molar-refractivity contribution in [1.82, 2.24) is 19.3 Å². The molecule has 0 saturated carbocycles. The predicted octanol–water partition coefficient (Wildman–Crippen LogP) is 6.61. The van der Waals surface area contributed by atoms with Crippen molar-refractivity contribution in [1.29, 1.82) is 0 Å². The molecular formula is C28H22BrClN4O3. The number of halogens is 2. The molecule has 2 aromatic heterocycles. The molecule has 0 fully saturated rings. The highest BCUT2D eigenvalue weighted by atomic mass is 79.9. The third kappa shape index (κ3) is 4.95. The average Bonchev–Trinajstić information content (AvgIpc) is 3.25. The van der Waals surface area contributed by atoms with Crippen molar-refractivity contribution in [3.05, 3.63) is 104 Å². The molecule has 0 spiro atoms. The Hall–Kier alpha value is -3.75. The molecule has 186 valence electrons. The number of hydrogen-bond acceptors (Lipinski definition) is 5. The monoisotopic (exact) mass is 576 g/mol. The van der Waals surface area contributed by atoms with E-state index in [0.717, 1.165) is 4.47 Å². The Morgan fingerprint density at radius 3 is 2.19 bits per heavy atom. The number of rotatable bonds is 4. The van der Waals surface area contributed by atoms with Gasteiger partial charge in [-0.1, -0.05) is 57.9 Å². The fourth-order valence-electron chi connectivity index (χ4n) is 3.91. The van der Waals surface area contributed by atoms with Gasteiger partial charge >= 0.3 is 5.97 Å². The minimum atomic E-state index is -0.778. The number of carbonyl (C=O) groups excluding carboxylic acids is 1. The fraction of sp³-hybridized carbons (Fsp3) is 0.143. The second kappa shape index (κ2) is 9.61. The van der Waals surface area contributed by atoms with Gasteiger partial charge in [0, 0.05) is 15.1 Å². The van der Waals surface area contributed by atoms with Crippen LogP contribution in [0.2, 0.25) is 5.02 Å². The summed E-state index contributed by atoms with van der Waals surface area (Å²) in [5.74, 6) is -0.315. The number of nitrogens with zero attached hydrogens (tertiary/aromatic N) is 4. The zero-order valence-electron chi connectivity index (χ0n) is 20.3. The van der Waals surface area contributed by atoms with Gasteiger partial charge in [-0.05, 0) is 69.3 Å². The molecule has 37 heavy (non-hydrogen) atoms. The molecule has 0 amide bonds. The topological polar surface area (TPSA) is 79.0 Å². The van der Waals surface area contributed by atoms with Crippen LogP contribution >= 0.6 is 27.5 Å². The van der Waals surface area contributed by atoms with Gasteiger partial charge in [-0.3, -0.25) is 9.36 Å². The predicted molar refractivity (Wildman–Crippen MR) is 148 cm³/mol. The first-order chi connectivity index (χ1) is 17.6. The molecule has 0 bridgehead atoms. The molecule has 0 aliphatic carbocycles. The molecule has 0 atom stereocenters. The lowest BCUT2D eigenvalue weighted by molar-refractivity contribution is 0.00644. The molecule has 5 rings (SSSR count). The maximum Gasteiger partial charge on any atom is 0.360 e. The standard InChI is InChI=1S/C28H22BrClN4O3/c1-28(2,3)37-27(36)23-22-25(34(32-23)21-7-5-4-6-8-21)31-24(17-9-11-18(29)12-10-17)33(26(22)35)20-15-13-19(30)14-16-20/h4-16H,1-3H3. The Morgan fingerprint density at radius 2 is 1.57 bits per heavy atom. The Balaban J connectivity index is 1.89. The van der Waals surface area contributed by atoms with Crippen LogP contribution in [0.1, 0.15) is 31.3 Å². The lowest BCUT2D eigenvalue weighted by Gasteiger charge is -2.18. The van der Waals surface area contributed by atoms with Crippen molar-refractivity contribution < 1.29 is 9.53 Å². The highest BCUT2D eigenvalue weighted by Crippen LogP contribution is 2.27. The maximum absolute atomic E-state index is 14.2. The molecule has 0 radical (unpaired) electrons. The lowest BCUT2D eigenvalue weighted by Crippen LogP contribution is -2.26. The van der Waals surface area contributed by atoms with E-state index >= 15 is 0 Å². The average molecular weight is 578 g/mol. The summed E-state index contributed by atoms with van der Waals surface area (Å²) in [5.41, 5.74) is 0.825. The van der Waals surface area contributed by atoms with Crippen molar-refractivity contribution in [2.45, 2.75) is 26.4 Å². The summed E-state index contributed by atoms with van der Waals surface area (Å²) in [6.45, 7) is 5.28.